The predicted octanol–water partition coefficient (Wildman–Crippen LogP) is 3.81. The van der Waals surface area contributed by atoms with Gasteiger partial charge in [-0.2, -0.15) is 5.10 Å². The molecular formula is C21H23N3O4. The van der Waals surface area contributed by atoms with Gasteiger partial charge in [0, 0.05) is 22.7 Å². The number of para-hydroxylation sites is 3. The molecule has 0 aliphatic carbocycles. The van der Waals surface area contributed by atoms with Crippen molar-refractivity contribution in [3.63, 3.8) is 0 Å². The molecule has 3 rings (SSSR count). The van der Waals surface area contributed by atoms with Crippen LogP contribution in [0.2, 0.25) is 0 Å². The fourth-order valence-electron chi connectivity index (χ4n) is 2.87. The van der Waals surface area contributed by atoms with E-state index in [1.54, 1.807) is 20.2 Å². The largest absolute Gasteiger partial charge is 0.493 e. The first-order valence-corrected chi connectivity index (χ1v) is 9.02. The number of ether oxygens (including phenoxy) is 3. The molecule has 0 atom stereocenters. The fourth-order valence-corrected chi connectivity index (χ4v) is 2.87. The third kappa shape index (κ3) is 4.62. The number of amides is 1. The van der Waals surface area contributed by atoms with Gasteiger partial charge in [0.15, 0.2) is 11.5 Å². The summed E-state index contributed by atoms with van der Waals surface area (Å²) in [6.07, 6.45) is 3.01. The SMILES string of the molecule is CCOC(=O)NN=Cc1cn(CCOc2ccccc2OC)c2ccccc12. The van der Waals surface area contributed by atoms with Crippen molar-refractivity contribution in [2.24, 2.45) is 5.10 Å². The van der Waals surface area contributed by atoms with Crippen LogP contribution >= 0.6 is 0 Å². The number of rotatable bonds is 8. The first-order chi connectivity index (χ1) is 13.7. The van der Waals surface area contributed by atoms with Gasteiger partial charge in [-0.15, -0.1) is 0 Å². The van der Waals surface area contributed by atoms with Gasteiger partial charge in [0.25, 0.3) is 0 Å². The van der Waals surface area contributed by atoms with Crippen molar-refractivity contribution in [2.75, 3.05) is 20.3 Å². The highest BCUT2D eigenvalue weighted by atomic mass is 16.5. The molecule has 0 aliphatic heterocycles. The van der Waals surface area contributed by atoms with Gasteiger partial charge in [0.05, 0.1) is 26.5 Å². The Labute approximate surface area is 163 Å². The lowest BCUT2D eigenvalue weighted by molar-refractivity contribution is 0.152. The maximum Gasteiger partial charge on any atom is 0.427 e. The lowest BCUT2D eigenvalue weighted by atomic mass is 10.2. The standard InChI is InChI=1S/C21H23N3O4/c1-3-27-21(25)23-22-14-16-15-24(18-9-5-4-8-17(16)18)12-13-28-20-11-7-6-10-19(20)26-2/h4-11,14-15H,3,12-13H2,1-2H3,(H,23,25). The lowest BCUT2D eigenvalue weighted by Gasteiger charge is -2.11. The number of fused-ring (bicyclic) bond motifs is 1. The molecule has 0 unspecified atom stereocenters. The number of benzene rings is 2. The van der Waals surface area contributed by atoms with Crippen LogP contribution < -0.4 is 14.9 Å². The molecular weight excluding hydrogens is 358 g/mol. The Bertz CT molecular complexity index is 965. The molecule has 3 aromatic rings. The third-order valence-corrected chi connectivity index (χ3v) is 4.11. The molecule has 7 nitrogen and oxygen atoms in total. The number of carbonyl (C=O) groups excluding carboxylic acids is 1. The van der Waals surface area contributed by atoms with Gasteiger partial charge in [-0.1, -0.05) is 30.3 Å². The Morgan fingerprint density at radius 1 is 1.14 bits per heavy atom. The zero-order chi connectivity index (χ0) is 19.8. The molecule has 0 aliphatic rings. The molecule has 0 saturated heterocycles. The van der Waals surface area contributed by atoms with Crippen LogP contribution in [0.5, 0.6) is 11.5 Å². The number of hydrazone groups is 1. The molecule has 7 heteroatoms. The summed E-state index contributed by atoms with van der Waals surface area (Å²) in [6, 6.07) is 15.6. The number of hydrogen-bond donors (Lipinski definition) is 1. The molecule has 1 N–H and O–H groups in total. The van der Waals surface area contributed by atoms with Gasteiger partial charge in [-0.3, -0.25) is 0 Å². The molecule has 2 aromatic carbocycles. The van der Waals surface area contributed by atoms with Crippen LogP contribution in [-0.4, -0.2) is 37.2 Å². The van der Waals surface area contributed by atoms with Gasteiger partial charge >= 0.3 is 6.09 Å². The van der Waals surface area contributed by atoms with Gasteiger partial charge in [-0.25, -0.2) is 10.2 Å². The van der Waals surface area contributed by atoms with Crippen LogP contribution in [0.3, 0.4) is 0 Å². The molecule has 0 spiro atoms. The number of nitrogens with zero attached hydrogens (tertiary/aromatic N) is 2. The fraction of sp³-hybridized carbons (Fsp3) is 0.238. The summed E-state index contributed by atoms with van der Waals surface area (Å²) in [4.78, 5) is 11.4. The maximum atomic E-state index is 11.4. The van der Waals surface area contributed by atoms with E-state index < -0.39 is 6.09 Å². The maximum absolute atomic E-state index is 11.4. The van der Waals surface area contributed by atoms with Crippen LogP contribution in [-0.2, 0) is 11.3 Å². The Balaban J connectivity index is 1.71. The van der Waals surface area contributed by atoms with Crippen LogP contribution in [0.1, 0.15) is 12.5 Å². The van der Waals surface area contributed by atoms with Gasteiger partial charge in [-0.05, 0) is 25.1 Å². The summed E-state index contributed by atoms with van der Waals surface area (Å²) in [5, 5.41) is 5.00. The third-order valence-electron chi connectivity index (χ3n) is 4.11. The predicted molar refractivity (Wildman–Crippen MR) is 108 cm³/mol. The number of hydrogen-bond acceptors (Lipinski definition) is 5. The van der Waals surface area contributed by atoms with E-state index >= 15 is 0 Å². The summed E-state index contributed by atoms with van der Waals surface area (Å²) in [7, 11) is 1.62. The van der Waals surface area contributed by atoms with Crippen LogP contribution in [0.15, 0.2) is 59.8 Å². The average Bonchev–Trinajstić information content (AvgIpc) is 3.06. The van der Waals surface area contributed by atoms with Crippen molar-refractivity contribution in [1.29, 1.82) is 0 Å². The highest BCUT2D eigenvalue weighted by Gasteiger charge is 2.08. The average molecular weight is 381 g/mol. The lowest BCUT2D eigenvalue weighted by Crippen LogP contribution is -2.18. The monoisotopic (exact) mass is 381 g/mol. The second-order valence-electron chi connectivity index (χ2n) is 5.88. The number of aromatic nitrogens is 1. The molecule has 0 bridgehead atoms. The van der Waals surface area contributed by atoms with E-state index in [4.69, 9.17) is 14.2 Å². The van der Waals surface area contributed by atoms with Gasteiger partial charge < -0.3 is 18.8 Å². The van der Waals surface area contributed by atoms with Gasteiger partial charge in [0.1, 0.15) is 6.61 Å². The minimum atomic E-state index is -0.576. The topological polar surface area (TPSA) is 74.1 Å². The summed E-state index contributed by atoms with van der Waals surface area (Å²) in [5.74, 6) is 1.42. The summed E-state index contributed by atoms with van der Waals surface area (Å²) in [5.41, 5.74) is 4.30. The highest BCUT2D eigenvalue weighted by Crippen LogP contribution is 2.26. The van der Waals surface area contributed by atoms with E-state index in [0.29, 0.717) is 31.3 Å². The summed E-state index contributed by atoms with van der Waals surface area (Å²) < 4.78 is 18.1. The summed E-state index contributed by atoms with van der Waals surface area (Å²) in [6.45, 7) is 3.17. The van der Waals surface area contributed by atoms with Crippen molar-refractivity contribution in [3.8, 4) is 11.5 Å². The zero-order valence-corrected chi connectivity index (χ0v) is 15.9. The molecule has 1 heterocycles. The first kappa shape index (κ1) is 19.3. The Hall–Kier alpha value is -3.48. The van der Waals surface area contributed by atoms with E-state index in [2.05, 4.69) is 15.1 Å². The molecule has 146 valence electrons. The molecule has 0 saturated carbocycles. The molecule has 1 aromatic heterocycles. The van der Waals surface area contributed by atoms with E-state index in [9.17, 15) is 4.79 Å². The highest BCUT2D eigenvalue weighted by molar-refractivity contribution is 5.99. The Kier molecular flexibility index (Phi) is 6.51. The van der Waals surface area contributed by atoms with Gasteiger partial charge in [0.2, 0.25) is 0 Å². The number of carbonyl (C=O) groups is 1. The zero-order valence-electron chi connectivity index (χ0n) is 15.9. The molecule has 1 amide bonds. The molecule has 28 heavy (non-hydrogen) atoms. The van der Waals surface area contributed by atoms with Crippen molar-refractivity contribution in [3.05, 3.63) is 60.3 Å². The van der Waals surface area contributed by atoms with Crippen molar-refractivity contribution in [1.82, 2.24) is 9.99 Å². The second-order valence-corrected chi connectivity index (χ2v) is 5.88. The van der Waals surface area contributed by atoms with E-state index in [0.717, 1.165) is 16.5 Å². The summed E-state index contributed by atoms with van der Waals surface area (Å²) >= 11 is 0. The quantitative estimate of drug-likeness (QED) is 0.476. The van der Waals surface area contributed by atoms with Crippen LogP contribution in [0, 0.1) is 0 Å². The molecule has 0 radical (unpaired) electrons. The minimum Gasteiger partial charge on any atom is -0.493 e. The molecule has 0 fully saturated rings. The Morgan fingerprint density at radius 2 is 1.89 bits per heavy atom. The smallest absolute Gasteiger partial charge is 0.427 e. The Morgan fingerprint density at radius 3 is 2.68 bits per heavy atom. The first-order valence-electron chi connectivity index (χ1n) is 9.02. The normalized spacial score (nSPS) is 10.9. The van der Waals surface area contributed by atoms with Crippen LogP contribution in [0.25, 0.3) is 10.9 Å². The number of methoxy groups -OCH3 is 1. The van der Waals surface area contributed by atoms with Crippen molar-refractivity contribution >= 4 is 23.2 Å². The van der Waals surface area contributed by atoms with E-state index in [1.165, 1.54) is 0 Å². The van der Waals surface area contributed by atoms with Crippen LogP contribution in [0.4, 0.5) is 4.79 Å². The minimum absolute atomic E-state index is 0.298. The van der Waals surface area contributed by atoms with Crippen molar-refractivity contribution in [2.45, 2.75) is 13.5 Å². The van der Waals surface area contributed by atoms with Crippen molar-refractivity contribution < 1.29 is 19.0 Å². The number of nitrogens with one attached hydrogen (secondary N) is 1. The second kappa shape index (κ2) is 9.45. The van der Waals surface area contributed by atoms with E-state index in [1.807, 2.05) is 54.7 Å². The van der Waals surface area contributed by atoms with E-state index in [-0.39, 0.29) is 0 Å².